The van der Waals surface area contributed by atoms with Gasteiger partial charge in [0.2, 0.25) is 0 Å². The number of thiophene rings is 1. The average molecular weight is 411 g/mol. The Balaban J connectivity index is 1.57. The zero-order valence-corrected chi connectivity index (χ0v) is 16.4. The van der Waals surface area contributed by atoms with Crippen molar-refractivity contribution in [1.29, 1.82) is 0 Å². The summed E-state index contributed by atoms with van der Waals surface area (Å²) in [5, 5.41) is 8.84. The Morgan fingerprint density at radius 1 is 1.14 bits per heavy atom. The van der Waals surface area contributed by atoms with Gasteiger partial charge in [-0.15, -0.1) is 11.3 Å². The molecule has 0 spiro atoms. The van der Waals surface area contributed by atoms with Gasteiger partial charge in [-0.1, -0.05) is 6.07 Å². The van der Waals surface area contributed by atoms with Gasteiger partial charge in [-0.25, -0.2) is 9.82 Å². The van der Waals surface area contributed by atoms with Crippen LogP contribution in [0.2, 0.25) is 0 Å². The summed E-state index contributed by atoms with van der Waals surface area (Å²) in [7, 11) is 0. The maximum absolute atomic E-state index is 13.1. The smallest absolute Gasteiger partial charge is 0.291 e. The standard InChI is InChI=1S/C21H18FN3O3S/c1-12-18-15(24-25-20(26)17-6-3-11-29-17)4-2-5-16(18)28-19(12)21(27)23-14-9-7-13(22)8-10-14/h3,6-11H,2,4-5H2,1H3,(H,23,27)(H,25,26)/b24-15+. The number of hydrogen-bond donors (Lipinski definition) is 2. The second-order valence-electron chi connectivity index (χ2n) is 6.65. The summed E-state index contributed by atoms with van der Waals surface area (Å²) in [4.78, 5) is 25.4. The number of nitrogens with one attached hydrogen (secondary N) is 2. The lowest BCUT2D eigenvalue weighted by molar-refractivity contribution is 0.0957. The second-order valence-corrected chi connectivity index (χ2v) is 7.59. The molecule has 0 aliphatic heterocycles. The van der Waals surface area contributed by atoms with E-state index in [0.29, 0.717) is 40.4 Å². The average Bonchev–Trinajstić information content (AvgIpc) is 3.37. The molecule has 0 saturated carbocycles. The number of furan rings is 1. The first kappa shape index (κ1) is 19.1. The van der Waals surface area contributed by atoms with Crippen LogP contribution in [-0.4, -0.2) is 17.5 Å². The van der Waals surface area contributed by atoms with Crippen molar-refractivity contribution >= 4 is 34.6 Å². The molecule has 0 atom stereocenters. The van der Waals surface area contributed by atoms with Gasteiger partial charge in [0.1, 0.15) is 11.6 Å². The van der Waals surface area contributed by atoms with Crippen LogP contribution < -0.4 is 10.7 Å². The van der Waals surface area contributed by atoms with Gasteiger partial charge in [0.25, 0.3) is 11.8 Å². The van der Waals surface area contributed by atoms with Crippen LogP contribution >= 0.6 is 11.3 Å². The van der Waals surface area contributed by atoms with E-state index in [1.807, 2.05) is 5.38 Å². The molecule has 1 aromatic carbocycles. The molecule has 2 N–H and O–H groups in total. The highest BCUT2D eigenvalue weighted by atomic mass is 32.1. The first-order valence-electron chi connectivity index (χ1n) is 9.13. The third-order valence-electron chi connectivity index (χ3n) is 4.67. The fourth-order valence-corrected chi connectivity index (χ4v) is 3.91. The van der Waals surface area contributed by atoms with Crippen molar-refractivity contribution in [2.24, 2.45) is 5.10 Å². The fourth-order valence-electron chi connectivity index (χ4n) is 3.30. The summed E-state index contributed by atoms with van der Waals surface area (Å²) in [5.74, 6) is -0.181. The van der Waals surface area contributed by atoms with Gasteiger partial charge in [-0.2, -0.15) is 5.10 Å². The normalized spacial score (nSPS) is 14.5. The lowest BCUT2D eigenvalue weighted by Crippen LogP contribution is -2.21. The molecule has 6 nitrogen and oxygen atoms in total. The van der Waals surface area contributed by atoms with Crippen LogP contribution in [0.3, 0.4) is 0 Å². The zero-order chi connectivity index (χ0) is 20.4. The van der Waals surface area contributed by atoms with Gasteiger partial charge in [0.15, 0.2) is 5.76 Å². The van der Waals surface area contributed by atoms with Gasteiger partial charge in [0.05, 0.1) is 10.6 Å². The Morgan fingerprint density at radius 3 is 2.66 bits per heavy atom. The molecule has 2 aromatic heterocycles. The Kier molecular flexibility index (Phi) is 5.26. The number of hydrogen-bond acceptors (Lipinski definition) is 5. The SMILES string of the molecule is Cc1c(C(=O)Nc2ccc(F)cc2)oc2c1/C(=N/NC(=O)c1cccs1)CCC2. The minimum Gasteiger partial charge on any atom is -0.455 e. The summed E-state index contributed by atoms with van der Waals surface area (Å²) < 4.78 is 18.9. The summed E-state index contributed by atoms with van der Waals surface area (Å²) in [6.07, 6.45) is 2.18. The van der Waals surface area contributed by atoms with Crippen LogP contribution in [0, 0.1) is 12.7 Å². The molecule has 2 heterocycles. The summed E-state index contributed by atoms with van der Waals surface area (Å²) in [6.45, 7) is 1.80. The van der Waals surface area contributed by atoms with E-state index in [-0.39, 0.29) is 17.5 Å². The molecule has 0 radical (unpaired) electrons. The Morgan fingerprint density at radius 2 is 1.93 bits per heavy atom. The maximum atomic E-state index is 13.1. The third-order valence-corrected chi connectivity index (χ3v) is 5.54. The van der Waals surface area contributed by atoms with Gasteiger partial charge in [0, 0.05) is 23.2 Å². The lowest BCUT2D eigenvalue weighted by Gasteiger charge is -2.13. The number of fused-ring (bicyclic) bond motifs is 1. The molecule has 2 amide bonds. The first-order chi connectivity index (χ1) is 14.0. The highest BCUT2D eigenvalue weighted by molar-refractivity contribution is 7.12. The number of benzene rings is 1. The van der Waals surface area contributed by atoms with Crippen LogP contribution in [0.25, 0.3) is 0 Å². The molecule has 0 bridgehead atoms. The van der Waals surface area contributed by atoms with E-state index in [2.05, 4.69) is 15.8 Å². The monoisotopic (exact) mass is 411 g/mol. The minimum absolute atomic E-state index is 0.193. The number of hydrazone groups is 1. The molecule has 3 aromatic rings. The third kappa shape index (κ3) is 3.97. The summed E-state index contributed by atoms with van der Waals surface area (Å²) in [6, 6.07) is 9.05. The van der Waals surface area contributed by atoms with Crippen molar-refractivity contribution in [2.75, 3.05) is 5.32 Å². The molecule has 148 valence electrons. The first-order valence-corrected chi connectivity index (χ1v) is 10.0. The van der Waals surface area contributed by atoms with Crippen LogP contribution in [0.15, 0.2) is 51.3 Å². The van der Waals surface area contributed by atoms with Crippen molar-refractivity contribution in [2.45, 2.75) is 26.2 Å². The largest absolute Gasteiger partial charge is 0.455 e. The van der Waals surface area contributed by atoms with E-state index in [4.69, 9.17) is 4.42 Å². The number of anilines is 1. The van der Waals surface area contributed by atoms with E-state index in [9.17, 15) is 14.0 Å². The van der Waals surface area contributed by atoms with Crippen LogP contribution in [0.4, 0.5) is 10.1 Å². The van der Waals surface area contributed by atoms with E-state index in [0.717, 1.165) is 12.0 Å². The molecule has 0 unspecified atom stereocenters. The van der Waals surface area contributed by atoms with E-state index in [1.54, 1.807) is 19.1 Å². The Hall–Kier alpha value is -3.26. The van der Waals surface area contributed by atoms with E-state index in [1.165, 1.54) is 35.6 Å². The fraction of sp³-hybridized carbons (Fsp3) is 0.190. The summed E-state index contributed by atoms with van der Waals surface area (Å²) >= 11 is 1.34. The predicted octanol–water partition coefficient (Wildman–Crippen LogP) is 4.51. The van der Waals surface area contributed by atoms with Crippen molar-refractivity contribution in [3.63, 3.8) is 0 Å². The van der Waals surface area contributed by atoms with E-state index < -0.39 is 5.91 Å². The Bertz CT molecular complexity index is 1090. The maximum Gasteiger partial charge on any atom is 0.291 e. The molecule has 29 heavy (non-hydrogen) atoms. The minimum atomic E-state index is -0.412. The van der Waals surface area contributed by atoms with Crippen LogP contribution in [-0.2, 0) is 6.42 Å². The molecule has 1 aliphatic carbocycles. The van der Waals surface area contributed by atoms with Crippen molar-refractivity contribution < 1.29 is 18.4 Å². The van der Waals surface area contributed by atoms with Crippen LogP contribution in [0.5, 0.6) is 0 Å². The molecule has 8 heteroatoms. The van der Waals surface area contributed by atoms with Crippen molar-refractivity contribution in [3.8, 4) is 0 Å². The highest BCUT2D eigenvalue weighted by Gasteiger charge is 2.28. The second kappa shape index (κ2) is 8.00. The lowest BCUT2D eigenvalue weighted by atomic mass is 9.93. The molecular formula is C21H18FN3O3S. The van der Waals surface area contributed by atoms with Gasteiger partial charge in [-0.05, 0) is 55.5 Å². The van der Waals surface area contributed by atoms with Crippen molar-refractivity contribution in [1.82, 2.24) is 5.43 Å². The Labute approximate surface area is 170 Å². The highest BCUT2D eigenvalue weighted by Crippen LogP contribution is 2.30. The van der Waals surface area contributed by atoms with Crippen molar-refractivity contribution in [3.05, 3.63) is 75.1 Å². The molecule has 4 rings (SSSR count). The predicted molar refractivity (Wildman–Crippen MR) is 109 cm³/mol. The summed E-state index contributed by atoms with van der Waals surface area (Å²) in [5.41, 5.74) is 5.20. The molecule has 1 aliphatic rings. The quantitative estimate of drug-likeness (QED) is 0.620. The van der Waals surface area contributed by atoms with Gasteiger partial charge >= 0.3 is 0 Å². The number of carbonyl (C=O) groups excluding carboxylic acids is 2. The number of carbonyl (C=O) groups is 2. The van der Waals surface area contributed by atoms with Gasteiger partial charge in [-0.3, -0.25) is 9.59 Å². The van der Waals surface area contributed by atoms with E-state index >= 15 is 0 Å². The molecular weight excluding hydrogens is 393 g/mol. The number of aryl methyl sites for hydroxylation is 1. The molecule has 0 saturated heterocycles. The molecule has 0 fully saturated rings. The zero-order valence-electron chi connectivity index (χ0n) is 15.6. The number of rotatable bonds is 4. The van der Waals surface area contributed by atoms with Crippen LogP contribution in [0.1, 0.15) is 50.0 Å². The topological polar surface area (TPSA) is 83.7 Å². The number of halogens is 1. The van der Waals surface area contributed by atoms with Gasteiger partial charge < -0.3 is 9.73 Å². The number of nitrogens with zero attached hydrogens (tertiary/aromatic N) is 1. The number of amides is 2.